The Kier molecular flexibility index (Phi) is 3.46. The number of halogens is 2. The van der Waals surface area contributed by atoms with Crippen molar-refractivity contribution in [3.05, 3.63) is 46.3 Å². The van der Waals surface area contributed by atoms with Crippen molar-refractivity contribution in [1.29, 1.82) is 0 Å². The zero-order chi connectivity index (χ0) is 14.1. The van der Waals surface area contributed by atoms with Gasteiger partial charge < -0.3 is 10.6 Å². The highest BCUT2D eigenvalue weighted by atomic mass is 35.5. The van der Waals surface area contributed by atoms with Gasteiger partial charge in [-0.2, -0.15) is 0 Å². The average molecular weight is 309 g/mol. The fourth-order valence-electron chi connectivity index (χ4n) is 2.10. The number of carbonyl (C=O) groups is 1. The molecule has 2 N–H and O–H groups in total. The van der Waals surface area contributed by atoms with E-state index in [9.17, 15) is 4.79 Å². The number of rotatable bonds is 2. The molecule has 1 aliphatic rings. The van der Waals surface area contributed by atoms with Crippen molar-refractivity contribution in [1.82, 2.24) is 9.97 Å². The third-order valence-corrected chi connectivity index (χ3v) is 3.82. The number of anilines is 2. The molecular weight excluding hydrogens is 299 g/mol. The summed E-state index contributed by atoms with van der Waals surface area (Å²) < 4.78 is 0. The summed E-state index contributed by atoms with van der Waals surface area (Å²) in [5.41, 5.74) is 2.08. The molecule has 5 nitrogen and oxygen atoms in total. The first kappa shape index (κ1) is 13.1. The van der Waals surface area contributed by atoms with Crippen LogP contribution >= 0.6 is 23.2 Å². The average Bonchev–Trinajstić information content (AvgIpc) is 2.88. The van der Waals surface area contributed by atoms with Gasteiger partial charge in [-0.05, 0) is 11.6 Å². The lowest BCUT2D eigenvalue weighted by atomic mass is 10.1. The van der Waals surface area contributed by atoms with Gasteiger partial charge in [0.15, 0.2) is 11.0 Å². The van der Waals surface area contributed by atoms with Gasteiger partial charge in [0.2, 0.25) is 5.91 Å². The maximum absolute atomic E-state index is 12.2. The fourth-order valence-corrected chi connectivity index (χ4v) is 2.37. The van der Waals surface area contributed by atoms with E-state index in [1.165, 1.54) is 6.33 Å². The number of aromatic nitrogens is 2. The van der Waals surface area contributed by atoms with Crippen LogP contribution in [-0.4, -0.2) is 21.9 Å². The monoisotopic (exact) mass is 308 g/mol. The van der Waals surface area contributed by atoms with Gasteiger partial charge in [0, 0.05) is 12.1 Å². The van der Waals surface area contributed by atoms with E-state index in [2.05, 4.69) is 20.6 Å². The summed E-state index contributed by atoms with van der Waals surface area (Å²) in [5, 5.41) is 6.06. The number of nitrogens with one attached hydrogen (secondary N) is 2. The Hall–Kier alpha value is -1.85. The third kappa shape index (κ3) is 2.42. The van der Waals surface area contributed by atoms with E-state index < -0.39 is 0 Å². The zero-order valence-corrected chi connectivity index (χ0v) is 11.7. The van der Waals surface area contributed by atoms with Crippen LogP contribution in [0.2, 0.25) is 10.2 Å². The lowest BCUT2D eigenvalue weighted by Crippen LogP contribution is -2.33. The number of nitrogens with zero attached hydrogens (tertiary/aromatic N) is 2. The van der Waals surface area contributed by atoms with Crippen LogP contribution in [0.5, 0.6) is 0 Å². The van der Waals surface area contributed by atoms with Crippen molar-refractivity contribution in [2.75, 3.05) is 10.6 Å². The topological polar surface area (TPSA) is 66.9 Å². The van der Waals surface area contributed by atoms with Crippen LogP contribution in [0.25, 0.3) is 0 Å². The van der Waals surface area contributed by atoms with Crippen LogP contribution in [0, 0.1) is 0 Å². The van der Waals surface area contributed by atoms with Gasteiger partial charge in [-0.1, -0.05) is 41.4 Å². The molecule has 0 saturated carbocycles. The number of benzene rings is 1. The minimum Gasteiger partial charge on any atom is -0.373 e. The molecule has 1 unspecified atom stereocenters. The first-order chi connectivity index (χ1) is 9.65. The second-order valence-electron chi connectivity index (χ2n) is 4.37. The predicted octanol–water partition coefficient (Wildman–Crippen LogP) is 2.76. The van der Waals surface area contributed by atoms with Gasteiger partial charge in [0.25, 0.3) is 0 Å². The van der Waals surface area contributed by atoms with Crippen molar-refractivity contribution in [3.63, 3.8) is 0 Å². The van der Waals surface area contributed by atoms with Gasteiger partial charge in [-0.15, -0.1) is 0 Å². The van der Waals surface area contributed by atoms with Crippen LogP contribution in [0.4, 0.5) is 11.5 Å². The van der Waals surface area contributed by atoms with Crippen LogP contribution in [0.3, 0.4) is 0 Å². The zero-order valence-electron chi connectivity index (χ0n) is 10.2. The maximum atomic E-state index is 12.2. The molecule has 1 aromatic heterocycles. The molecule has 20 heavy (non-hydrogen) atoms. The van der Waals surface area contributed by atoms with Gasteiger partial charge in [-0.25, -0.2) is 9.97 Å². The molecule has 0 saturated heterocycles. The molecule has 2 heterocycles. The SMILES string of the molecule is O=C(Nc1ncnc(Cl)c1Cl)C1Cc2ccccc2N1. The summed E-state index contributed by atoms with van der Waals surface area (Å²) in [4.78, 5) is 19.9. The number of fused-ring (bicyclic) bond motifs is 1. The van der Waals surface area contributed by atoms with Crippen molar-refractivity contribution >= 4 is 40.6 Å². The van der Waals surface area contributed by atoms with Crippen LogP contribution in [-0.2, 0) is 11.2 Å². The molecule has 1 aromatic carbocycles. The molecule has 7 heteroatoms. The molecule has 0 fully saturated rings. The van der Waals surface area contributed by atoms with Gasteiger partial charge in [0.1, 0.15) is 17.4 Å². The number of carbonyl (C=O) groups excluding carboxylic acids is 1. The van der Waals surface area contributed by atoms with E-state index in [0.29, 0.717) is 6.42 Å². The number of hydrogen-bond donors (Lipinski definition) is 2. The highest BCUT2D eigenvalue weighted by Crippen LogP contribution is 2.28. The van der Waals surface area contributed by atoms with E-state index >= 15 is 0 Å². The molecule has 1 atom stereocenters. The molecule has 0 bridgehead atoms. The Balaban J connectivity index is 1.74. The summed E-state index contributed by atoms with van der Waals surface area (Å²) >= 11 is 11.7. The molecule has 1 aliphatic heterocycles. The third-order valence-electron chi connectivity index (χ3n) is 3.08. The first-order valence-electron chi connectivity index (χ1n) is 5.96. The van der Waals surface area contributed by atoms with Crippen molar-refractivity contribution in [2.24, 2.45) is 0 Å². The molecule has 0 aliphatic carbocycles. The summed E-state index contributed by atoms with van der Waals surface area (Å²) in [7, 11) is 0. The minimum absolute atomic E-state index is 0.111. The summed E-state index contributed by atoms with van der Waals surface area (Å²) in [6, 6.07) is 7.45. The molecular formula is C13H10Cl2N4O. The molecule has 0 spiro atoms. The van der Waals surface area contributed by atoms with Gasteiger partial charge in [-0.3, -0.25) is 4.79 Å². The summed E-state index contributed by atoms with van der Waals surface area (Å²) in [5.74, 6) is 0.00675. The fraction of sp³-hybridized carbons (Fsp3) is 0.154. The Morgan fingerprint density at radius 2 is 2.10 bits per heavy atom. The Bertz CT molecular complexity index is 652. The normalized spacial score (nSPS) is 16.4. The summed E-state index contributed by atoms with van der Waals surface area (Å²) in [6.45, 7) is 0. The van der Waals surface area contributed by atoms with E-state index in [1.807, 2.05) is 24.3 Å². The first-order valence-corrected chi connectivity index (χ1v) is 6.72. The van der Waals surface area contributed by atoms with Gasteiger partial charge >= 0.3 is 0 Å². The van der Waals surface area contributed by atoms with Crippen LogP contribution < -0.4 is 10.6 Å². The van der Waals surface area contributed by atoms with Crippen molar-refractivity contribution < 1.29 is 4.79 Å². The Morgan fingerprint density at radius 1 is 1.30 bits per heavy atom. The quantitative estimate of drug-likeness (QED) is 0.837. The molecule has 102 valence electrons. The second kappa shape index (κ2) is 5.26. The predicted molar refractivity (Wildman–Crippen MR) is 78.2 cm³/mol. The molecule has 1 amide bonds. The number of para-hydroxylation sites is 1. The van der Waals surface area contributed by atoms with Crippen LogP contribution in [0.1, 0.15) is 5.56 Å². The Morgan fingerprint density at radius 3 is 2.90 bits per heavy atom. The molecule has 3 rings (SSSR count). The van der Waals surface area contributed by atoms with E-state index in [-0.39, 0.29) is 27.9 Å². The van der Waals surface area contributed by atoms with Crippen molar-refractivity contribution in [3.8, 4) is 0 Å². The van der Waals surface area contributed by atoms with Gasteiger partial charge in [0.05, 0.1) is 0 Å². The number of hydrogen-bond acceptors (Lipinski definition) is 4. The molecule has 0 radical (unpaired) electrons. The Labute approximate surface area is 125 Å². The smallest absolute Gasteiger partial charge is 0.248 e. The van der Waals surface area contributed by atoms with E-state index in [4.69, 9.17) is 23.2 Å². The van der Waals surface area contributed by atoms with E-state index in [0.717, 1.165) is 11.3 Å². The van der Waals surface area contributed by atoms with Crippen molar-refractivity contribution in [2.45, 2.75) is 12.5 Å². The highest BCUT2D eigenvalue weighted by Gasteiger charge is 2.27. The lowest BCUT2D eigenvalue weighted by molar-refractivity contribution is -0.116. The van der Waals surface area contributed by atoms with E-state index in [1.54, 1.807) is 0 Å². The standard InChI is InChI=1S/C13H10Cl2N4O/c14-10-11(15)16-6-17-12(10)19-13(20)9-5-7-3-1-2-4-8(7)18-9/h1-4,6,9,18H,5H2,(H,16,17,19,20). The lowest BCUT2D eigenvalue weighted by Gasteiger charge is -2.12. The summed E-state index contributed by atoms with van der Waals surface area (Å²) in [6.07, 6.45) is 1.87. The molecule has 2 aromatic rings. The minimum atomic E-state index is -0.350. The largest absolute Gasteiger partial charge is 0.373 e. The highest BCUT2D eigenvalue weighted by molar-refractivity contribution is 6.42. The number of amides is 1. The maximum Gasteiger partial charge on any atom is 0.248 e. The second-order valence-corrected chi connectivity index (χ2v) is 5.11. The van der Waals surface area contributed by atoms with Crippen LogP contribution in [0.15, 0.2) is 30.6 Å².